The van der Waals surface area contributed by atoms with Crippen molar-refractivity contribution >= 4 is 32.8 Å². The summed E-state index contributed by atoms with van der Waals surface area (Å²) in [6.45, 7) is 2.26. The Hall–Kier alpha value is -2.26. The second kappa shape index (κ2) is 13.9. The first-order valence-electron chi connectivity index (χ1n) is 13.6. The maximum Gasteiger partial charge on any atom is 0.338 e. The third-order valence-electron chi connectivity index (χ3n) is 6.98. The van der Waals surface area contributed by atoms with Crippen molar-refractivity contribution in [1.29, 1.82) is 0 Å². The quantitative estimate of drug-likeness (QED) is 0.161. The minimum Gasteiger partial charge on any atom is -0.478 e. The van der Waals surface area contributed by atoms with Gasteiger partial charge in [0.05, 0.1) is 16.0 Å². The van der Waals surface area contributed by atoms with Crippen LogP contribution in [0.4, 0.5) is 0 Å². The zero-order valence-corrected chi connectivity index (χ0v) is 22.4. The molecular formula is C27H41N3O5S. The Morgan fingerprint density at radius 3 is 1.92 bits per heavy atom. The number of rotatable bonds is 18. The fourth-order valence-corrected chi connectivity index (χ4v) is 5.45. The molecule has 3 rings (SSSR count). The Labute approximate surface area is 214 Å². The van der Waals surface area contributed by atoms with Crippen LogP contribution in [0.2, 0.25) is 0 Å². The maximum absolute atomic E-state index is 11.6. The number of imidazole rings is 1. The summed E-state index contributed by atoms with van der Waals surface area (Å²) in [6, 6.07) is 2.16. The van der Waals surface area contributed by atoms with E-state index in [1.54, 1.807) is 0 Å². The summed E-state index contributed by atoms with van der Waals surface area (Å²) in [5.74, 6) is -0.708. The first-order chi connectivity index (χ1) is 17.3. The highest BCUT2D eigenvalue weighted by molar-refractivity contribution is 7.85. The summed E-state index contributed by atoms with van der Waals surface area (Å²) in [5, 5.41) is 14.0. The summed E-state index contributed by atoms with van der Waals surface area (Å²) in [4.78, 5) is 15.5. The molecule has 1 aromatic heterocycles. The van der Waals surface area contributed by atoms with E-state index >= 15 is 0 Å². The number of carbonyl (C=O) groups is 1. The topological polar surface area (TPSA) is 122 Å². The number of hydrogen-bond donors (Lipinski definition) is 2. The normalized spacial score (nSPS) is 13.3. The van der Waals surface area contributed by atoms with E-state index in [1.807, 2.05) is 0 Å². The van der Waals surface area contributed by atoms with Crippen LogP contribution >= 0.6 is 0 Å². The van der Waals surface area contributed by atoms with Crippen LogP contribution in [0, 0.1) is 0 Å². The van der Waals surface area contributed by atoms with Gasteiger partial charge in [0, 0.05) is 12.1 Å². The molecule has 1 aliphatic rings. The van der Waals surface area contributed by atoms with Gasteiger partial charge in [-0.15, -0.1) is 0 Å². The smallest absolute Gasteiger partial charge is 0.338 e. The Balaban J connectivity index is 1.35. The van der Waals surface area contributed by atoms with Gasteiger partial charge >= 0.3 is 5.97 Å². The van der Waals surface area contributed by atoms with Crippen LogP contribution in [0.25, 0.3) is 11.0 Å². The molecule has 0 radical (unpaired) electrons. The molecule has 8 nitrogen and oxygen atoms in total. The van der Waals surface area contributed by atoms with E-state index < -0.39 is 21.0 Å². The summed E-state index contributed by atoms with van der Waals surface area (Å²) >= 11 is 0. The van der Waals surface area contributed by atoms with E-state index in [0.29, 0.717) is 12.2 Å². The molecule has 200 valence electrons. The number of nitrogens with zero attached hydrogens (tertiary/aromatic N) is 3. The van der Waals surface area contributed by atoms with E-state index in [2.05, 4.69) is 17.0 Å². The van der Waals surface area contributed by atoms with Gasteiger partial charge in [0.1, 0.15) is 11.3 Å². The van der Waals surface area contributed by atoms with E-state index in [1.165, 1.54) is 94.2 Å². The summed E-state index contributed by atoms with van der Waals surface area (Å²) < 4.78 is 34.1. The lowest BCUT2D eigenvalue weighted by molar-refractivity contribution is 0.0698. The average Bonchev–Trinajstić information content (AvgIpc) is 3.38. The lowest BCUT2D eigenvalue weighted by Gasteiger charge is -2.04. The van der Waals surface area contributed by atoms with E-state index in [4.69, 9.17) is 0 Å². The first kappa shape index (κ1) is 28.3. The molecule has 2 N–H and O–H groups in total. The van der Waals surface area contributed by atoms with Gasteiger partial charge in [-0.05, 0) is 25.0 Å². The van der Waals surface area contributed by atoms with E-state index in [9.17, 15) is 22.9 Å². The zero-order chi connectivity index (χ0) is 26.0. The molecule has 0 spiro atoms. The number of hydrogen-bond acceptors (Lipinski definition) is 5. The SMILES string of the molecule is CCCCCCCCCCCCCCCCCC1=Nn2c(nc3c(C(=O)O)cc(S(=O)(=O)O)cc32)C1. The number of unbranched alkanes of at least 4 members (excludes halogenated alkanes) is 14. The van der Waals surface area contributed by atoms with Gasteiger partial charge < -0.3 is 5.11 Å². The van der Waals surface area contributed by atoms with Gasteiger partial charge in [-0.3, -0.25) is 4.55 Å². The number of carboxylic acids is 1. The van der Waals surface area contributed by atoms with Gasteiger partial charge in [0.25, 0.3) is 10.1 Å². The van der Waals surface area contributed by atoms with E-state index in [-0.39, 0.29) is 16.6 Å². The molecule has 0 aliphatic carbocycles. The molecule has 0 amide bonds. The van der Waals surface area contributed by atoms with Gasteiger partial charge in [0.2, 0.25) is 0 Å². The van der Waals surface area contributed by atoms with Crippen molar-refractivity contribution in [1.82, 2.24) is 9.66 Å². The highest BCUT2D eigenvalue weighted by atomic mass is 32.2. The van der Waals surface area contributed by atoms with E-state index in [0.717, 1.165) is 31.0 Å². The largest absolute Gasteiger partial charge is 0.478 e. The summed E-state index contributed by atoms with van der Waals surface area (Å²) in [6.07, 6.45) is 21.1. The van der Waals surface area contributed by atoms with Crippen molar-refractivity contribution in [2.75, 3.05) is 0 Å². The minimum atomic E-state index is -4.55. The summed E-state index contributed by atoms with van der Waals surface area (Å²) in [5.41, 5.74) is 1.16. The van der Waals surface area contributed by atoms with Crippen molar-refractivity contribution in [3.63, 3.8) is 0 Å². The van der Waals surface area contributed by atoms with Crippen molar-refractivity contribution in [2.45, 2.75) is 121 Å². The average molecular weight is 520 g/mol. The van der Waals surface area contributed by atoms with Crippen molar-refractivity contribution in [3.05, 3.63) is 23.5 Å². The molecule has 0 atom stereocenters. The highest BCUT2D eigenvalue weighted by Gasteiger charge is 2.25. The molecular weight excluding hydrogens is 478 g/mol. The molecule has 2 aromatic rings. The predicted octanol–water partition coefficient (Wildman–Crippen LogP) is 7.00. The second-order valence-corrected chi connectivity index (χ2v) is 11.4. The van der Waals surface area contributed by atoms with Crippen LogP contribution in [-0.4, -0.2) is 39.4 Å². The molecule has 1 aliphatic heterocycles. The number of benzene rings is 1. The number of fused-ring (bicyclic) bond motifs is 3. The molecule has 1 aromatic carbocycles. The molecule has 9 heteroatoms. The molecule has 0 bridgehead atoms. The van der Waals surface area contributed by atoms with Crippen LogP contribution < -0.4 is 0 Å². The Bertz CT molecular complexity index is 1150. The van der Waals surface area contributed by atoms with Gasteiger partial charge in [-0.1, -0.05) is 96.8 Å². The third-order valence-corrected chi connectivity index (χ3v) is 7.81. The fraction of sp³-hybridized carbons (Fsp3) is 0.667. The number of aromatic nitrogens is 2. The molecule has 0 saturated heterocycles. The molecule has 0 fully saturated rings. The monoisotopic (exact) mass is 519 g/mol. The fourth-order valence-electron chi connectivity index (χ4n) is 4.92. The Kier molecular flexibility index (Phi) is 10.9. The van der Waals surface area contributed by atoms with Crippen LogP contribution in [0.5, 0.6) is 0 Å². The standard InChI is InChI=1S/C27H41N3O5S/c1-2-3-4-5-6-7-8-9-10-11-12-13-14-15-16-17-21-18-25-28-26-23(27(31)32)19-22(36(33,34)35)20-24(26)30(25)29-21/h19-20H,2-18H2,1H3,(H,31,32)(H,33,34,35). The van der Waals surface area contributed by atoms with Crippen LogP contribution in [0.15, 0.2) is 22.1 Å². The number of aromatic carboxylic acids is 1. The van der Waals surface area contributed by atoms with Gasteiger partial charge in [-0.25, -0.2) is 14.5 Å². The lowest BCUT2D eigenvalue weighted by Crippen LogP contribution is -2.04. The maximum atomic E-state index is 11.6. The Morgan fingerprint density at radius 1 is 0.889 bits per heavy atom. The van der Waals surface area contributed by atoms with Crippen LogP contribution in [0.1, 0.15) is 126 Å². The second-order valence-electron chi connectivity index (χ2n) is 10.0. The molecule has 36 heavy (non-hydrogen) atoms. The first-order valence-corrected chi connectivity index (χ1v) is 15.1. The minimum absolute atomic E-state index is 0.180. The highest BCUT2D eigenvalue weighted by Crippen LogP contribution is 2.28. The van der Waals surface area contributed by atoms with Gasteiger partial charge in [-0.2, -0.15) is 13.5 Å². The van der Waals surface area contributed by atoms with Crippen molar-refractivity contribution in [3.8, 4) is 0 Å². The lowest BCUT2D eigenvalue weighted by atomic mass is 10.0. The van der Waals surface area contributed by atoms with Crippen molar-refractivity contribution < 1.29 is 22.9 Å². The Morgan fingerprint density at radius 2 is 1.42 bits per heavy atom. The zero-order valence-electron chi connectivity index (χ0n) is 21.5. The summed E-state index contributed by atoms with van der Waals surface area (Å²) in [7, 11) is -4.55. The third kappa shape index (κ3) is 8.13. The van der Waals surface area contributed by atoms with Crippen LogP contribution in [0.3, 0.4) is 0 Å². The molecule has 0 unspecified atom stereocenters. The number of carboxylic acid groups (broad SMARTS) is 1. The predicted molar refractivity (Wildman–Crippen MR) is 143 cm³/mol. The van der Waals surface area contributed by atoms with Crippen molar-refractivity contribution in [2.24, 2.45) is 5.10 Å². The van der Waals surface area contributed by atoms with Crippen LogP contribution in [-0.2, 0) is 16.5 Å². The molecule has 2 heterocycles. The molecule has 0 saturated carbocycles. The van der Waals surface area contributed by atoms with Gasteiger partial charge in [0.15, 0.2) is 0 Å².